The maximum absolute atomic E-state index is 11.8. The second kappa shape index (κ2) is 5.86. The average molecular weight is 346 g/mol. The van der Waals surface area contributed by atoms with Gasteiger partial charge in [-0.05, 0) is 37.5 Å². The van der Waals surface area contributed by atoms with Crippen LogP contribution in [0.3, 0.4) is 0 Å². The molecule has 0 fully saturated rings. The van der Waals surface area contributed by atoms with E-state index in [0.29, 0.717) is 23.6 Å². The molecule has 0 aromatic carbocycles. The molecular weight excluding hydrogens is 328 g/mol. The Labute approximate surface area is 140 Å². The molecule has 1 aliphatic rings. The summed E-state index contributed by atoms with van der Waals surface area (Å²) < 4.78 is 23.5. The number of carbonyl (C=O) groups is 1. The lowest BCUT2D eigenvalue weighted by Gasteiger charge is -2.27. The number of amides is 2. The molecule has 0 saturated carbocycles. The first-order chi connectivity index (χ1) is 11.3. The van der Waals surface area contributed by atoms with Gasteiger partial charge in [0.25, 0.3) is 0 Å². The van der Waals surface area contributed by atoms with E-state index in [1.165, 1.54) is 11.1 Å². The third-order valence-corrected chi connectivity index (χ3v) is 5.17. The van der Waals surface area contributed by atoms with E-state index >= 15 is 0 Å². The van der Waals surface area contributed by atoms with E-state index in [-0.39, 0.29) is 4.90 Å². The molecule has 0 aliphatic carbocycles. The number of sulfone groups is 1. The molecule has 126 valence electrons. The maximum atomic E-state index is 11.8. The SMILES string of the molecule is Cc1ncc(S(C)(=O)=O)cc1-c1cnc2c(c1)CCCN2C(N)=O. The largest absolute Gasteiger partial charge is 0.351 e. The molecule has 3 heterocycles. The van der Waals surface area contributed by atoms with Gasteiger partial charge in [-0.15, -0.1) is 0 Å². The Balaban J connectivity index is 2.10. The van der Waals surface area contributed by atoms with Crippen molar-refractivity contribution in [3.05, 3.63) is 35.8 Å². The Morgan fingerprint density at radius 2 is 2.00 bits per heavy atom. The molecule has 0 spiro atoms. The number of nitrogens with zero attached hydrogens (tertiary/aromatic N) is 3. The molecule has 0 atom stereocenters. The number of anilines is 1. The van der Waals surface area contributed by atoms with Crippen LogP contribution in [0.2, 0.25) is 0 Å². The predicted octanol–water partition coefficient (Wildman–Crippen LogP) is 1.69. The van der Waals surface area contributed by atoms with Crippen molar-refractivity contribution in [3.63, 3.8) is 0 Å². The van der Waals surface area contributed by atoms with Crippen molar-refractivity contribution < 1.29 is 13.2 Å². The molecular formula is C16H18N4O3S. The van der Waals surface area contributed by atoms with E-state index < -0.39 is 15.9 Å². The summed E-state index contributed by atoms with van der Waals surface area (Å²) in [5.41, 5.74) is 8.51. The number of aryl methyl sites for hydroxylation is 2. The topological polar surface area (TPSA) is 106 Å². The number of rotatable bonds is 2. The number of carbonyl (C=O) groups excluding carboxylic acids is 1. The summed E-state index contributed by atoms with van der Waals surface area (Å²) in [6, 6.07) is 3.01. The molecule has 2 aromatic rings. The highest BCUT2D eigenvalue weighted by Crippen LogP contribution is 2.31. The summed E-state index contributed by atoms with van der Waals surface area (Å²) in [6.07, 6.45) is 5.73. The van der Waals surface area contributed by atoms with Crippen LogP contribution < -0.4 is 10.6 Å². The summed E-state index contributed by atoms with van der Waals surface area (Å²) in [7, 11) is -3.34. The van der Waals surface area contributed by atoms with Crippen molar-refractivity contribution in [2.75, 3.05) is 17.7 Å². The first kappa shape index (κ1) is 16.4. The quantitative estimate of drug-likeness (QED) is 0.890. The van der Waals surface area contributed by atoms with Gasteiger partial charge in [0.15, 0.2) is 9.84 Å². The standard InChI is InChI=1S/C16H18N4O3S/c1-10-14(7-13(9-18-10)24(2,22)23)12-6-11-4-3-5-20(16(17)21)15(11)19-8-12/h6-9H,3-5H2,1-2H3,(H2,17,21). The molecule has 1 aliphatic heterocycles. The number of hydrogen-bond acceptors (Lipinski definition) is 5. The van der Waals surface area contributed by atoms with E-state index in [9.17, 15) is 13.2 Å². The third kappa shape index (κ3) is 2.96. The van der Waals surface area contributed by atoms with Crippen LogP contribution in [0, 0.1) is 6.92 Å². The molecule has 0 saturated heterocycles. The van der Waals surface area contributed by atoms with Crippen LogP contribution in [-0.4, -0.2) is 37.2 Å². The predicted molar refractivity (Wildman–Crippen MR) is 90.6 cm³/mol. The summed E-state index contributed by atoms with van der Waals surface area (Å²) in [4.78, 5) is 21.7. The summed E-state index contributed by atoms with van der Waals surface area (Å²) in [5, 5.41) is 0. The first-order valence-corrected chi connectivity index (χ1v) is 9.39. The molecule has 24 heavy (non-hydrogen) atoms. The van der Waals surface area contributed by atoms with Crippen molar-refractivity contribution in [1.82, 2.24) is 9.97 Å². The van der Waals surface area contributed by atoms with Gasteiger partial charge < -0.3 is 5.73 Å². The van der Waals surface area contributed by atoms with Gasteiger partial charge in [-0.3, -0.25) is 9.88 Å². The number of primary amides is 1. The van der Waals surface area contributed by atoms with Crippen molar-refractivity contribution >= 4 is 21.7 Å². The lowest BCUT2D eigenvalue weighted by Crippen LogP contribution is -2.40. The van der Waals surface area contributed by atoms with Gasteiger partial charge >= 0.3 is 6.03 Å². The highest BCUT2D eigenvalue weighted by Gasteiger charge is 2.23. The highest BCUT2D eigenvalue weighted by molar-refractivity contribution is 7.90. The van der Waals surface area contributed by atoms with Crippen LogP contribution >= 0.6 is 0 Å². The van der Waals surface area contributed by atoms with Crippen molar-refractivity contribution in [3.8, 4) is 11.1 Å². The van der Waals surface area contributed by atoms with Crippen LogP contribution in [0.4, 0.5) is 10.6 Å². The molecule has 3 rings (SSSR count). The second-order valence-corrected chi connectivity index (χ2v) is 7.89. The zero-order valence-corrected chi connectivity index (χ0v) is 14.3. The van der Waals surface area contributed by atoms with Gasteiger partial charge in [-0.1, -0.05) is 0 Å². The Bertz CT molecular complexity index is 925. The fourth-order valence-electron chi connectivity index (χ4n) is 2.83. The van der Waals surface area contributed by atoms with Gasteiger partial charge in [0, 0.05) is 42.0 Å². The molecule has 2 N–H and O–H groups in total. The number of pyridine rings is 2. The first-order valence-electron chi connectivity index (χ1n) is 7.50. The lowest BCUT2D eigenvalue weighted by atomic mass is 10.00. The molecule has 2 amide bonds. The molecule has 7 nitrogen and oxygen atoms in total. The van der Waals surface area contributed by atoms with E-state index in [1.54, 1.807) is 12.3 Å². The zero-order valence-electron chi connectivity index (χ0n) is 13.5. The van der Waals surface area contributed by atoms with Crippen molar-refractivity contribution in [2.45, 2.75) is 24.7 Å². The molecule has 0 bridgehead atoms. The molecule has 0 radical (unpaired) electrons. The van der Waals surface area contributed by atoms with Crippen LogP contribution in [0.15, 0.2) is 29.4 Å². The Hall–Kier alpha value is -2.48. The molecule has 2 aromatic heterocycles. The summed E-state index contributed by atoms with van der Waals surface area (Å²) in [6.45, 7) is 2.37. The second-order valence-electron chi connectivity index (χ2n) is 5.88. The van der Waals surface area contributed by atoms with Crippen LogP contribution in [-0.2, 0) is 16.3 Å². The zero-order chi connectivity index (χ0) is 17.5. The minimum absolute atomic E-state index is 0.166. The van der Waals surface area contributed by atoms with Gasteiger partial charge in [0.05, 0.1) is 4.90 Å². The van der Waals surface area contributed by atoms with Crippen LogP contribution in [0.5, 0.6) is 0 Å². The van der Waals surface area contributed by atoms with Crippen molar-refractivity contribution in [2.24, 2.45) is 5.73 Å². The Morgan fingerprint density at radius 3 is 2.67 bits per heavy atom. The minimum Gasteiger partial charge on any atom is -0.351 e. The summed E-state index contributed by atoms with van der Waals surface area (Å²) in [5.74, 6) is 0.572. The number of fused-ring (bicyclic) bond motifs is 1. The minimum atomic E-state index is -3.34. The Kier molecular flexibility index (Phi) is 4.00. The van der Waals surface area contributed by atoms with Crippen LogP contribution in [0.1, 0.15) is 17.7 Å². The highest BCUT2D eigenvalue weighted by atomic mass is 32.2. The van der Waals surface area contributed by atoms with Crippen LogP contribution in [0.25, 0.3) is 11.1 Å². The van der Waals surface area contributed by atoms with E-state index in [1.807, 2.05) is 13.0 Å². The molecule has 8 heteroatoms. The Morgan fingerprint density at radius 1 is 1.25 bits per heavy atom. The fraction of sp³-hybridized carbons (Fsp3) is 0.312. The number of nitrogens with two attached hydrogens (primary N) is 1. The lowest BCUT2D eigenvalue weighted by molar-refractivity contribution is 0.253. The summed E-state index contributed by atoms with van der Waals surface area (Å²) >= 11 is 0. The smallest absolute Gasteiger partial charge is 0.320 e. The fourth-order valence-corrected chi connectivity index (χ4v) is 3.41. The average Bonchev–Trinajstić information content (AvgIpc) is 2.53. The van der Waals surface area contributed by atoms with Gasteiger partial charge in [0.2, 0.25) is 0 Å². The molecule has 0 unspecified atom stereocenters. The number of hydrogen-bond donors (Lipinski definition) is 1. The van der Waals surface area contributed by atoms with E-state index in [2.05, 4.69) is 9.97 Å². The van der Waals surface area contributed by atoms with E-state index in [4.69, 9.17) is 5.73 Å². The van der Waals surface area contributed by atoms with Gasteiger partial charge in [-0.25, -0.2) is 18.2 Å². The number of urea groups is 1. The van der Waals surface area contributed by atoms with Gasteiger partial charge in [0.1, 0.15) is 5.82 Å². The van der Waals surface area contributed by atoms with E-state index in [0.717, 1.165) is 30.2 Å². The van der Waals surface area contributed by atoms with Crippen molar-refractivity contribution in [1.29, 1.82) is 0 Å². The van der Waals surface area contributed by atoms with Gasteiger partial charge in [-0.2, -0.15) is 0 Å². The number of aromatic nitrogens is 2. The third-order valence-electron chi connectivity index (χ3n) is 4.09. The maximum Gasteiger partial charge on any atom is 0.320 e. The normalized spacial score (nSPS) is 14.3. The monoisotopic (exact) mass is 346 g/mol.